The van der Waals surface area contributed by atoms with Gasteiger partial charge in [0, 0.05) is 16.8 Å². The monoisotopic (exact) mass is 366 g/mol. The predicted octanol–water partition coefficient (Wildman–Crippen LogP) is 3.92. The van der Waals surface area contributed by atoms with Crippen molar-refractivity contribution in [1.29, 1.82) is 0 Å². The van der Waals surface area contributed by atoms with Gasteiger partial charge in [0.1, 0.15) is 5.65 Å². The third-order valence-corrected chi connectivity index (χ3v) is 4.92. The molecule has 6 heteroatoms. The lowest BCUT2D eigenvalue weighted by Crippen LogP contribution is -2.25. The summed E-state index contributed by atoms with van der Waals surface area (Å²) in [4.78, 5) is 28.7. The highest BCUT2D eigenvalue weighted by atomic mass is 35.5. The van der Waals surface area contributed by atoms with E-state index in [0.717, 1.165) is 24.0 Å². The number of rotatable bonds is 2. The predicted molar refractivity (Wildman–Crippen MR) is 101 cm³/mol. The first kappa shape index (κ1) is 16.5. The van der Waals surface area contributed by atoms with Crippen LogP contribution in [0, 0.1) is 0 Å². The van der Waals surface area contributed by atoms with Crippen molar-refractivity contribution in [2.45, 2.75) is 19.3 Å². The van der Waals surface area contributed by atoms with Crippen LogP contribution in [0.3, 0.4) is 0 Å². The van der Waals surface area contributed by atoms with Crippen LogP contribution in [0.2, 0.25) is 5.02 Å². The fourth-order valence-corrected chi connectivity index (χ4v) is 3.48. The lowest BCUT2D eigenvalue weighted by Gasteiger charge is -2.19. The standard InChI is InChI=1S/C20H15ClN2O3/c21-16-7-2-1-4-12(16)10-13-5-3-6-15-18(13)22-17-9-8-14(20(25)26)11-23(17)19(15)24/h1-2,4,7-11H,3,5-6H2,(H,25,26)/b13-10-. The van der Waals surface area contributed by atoms with E-state index in [1.54, 1.807) is 6.07 Å². The number of aromatic nitrogens is 2. The van der Waals surface area contributed by atoms with E-state index in [4.69, 9.17) is 16.7 Å². The van der Waals surface area contributed by atoms with E-state index in [-0.39, 0.29) is 11.1 Å². The molecule has 2 heterocycles. The average Bonchev–Trinajstić information content (AvgIpc) is 2.64. The number of aromatic carboxylic acids is 1. The minimum absolute atomic E-state index is 0.0593. The van der Waals surface area contributed by atoms with Crippen LogP contribution in [0.4, 0.5) is 0 Å². The molecule has 0 spiro atoms. The second-order valence-corrected chi connectivity index (χ2v) is 6.65. The number of pyridine rings is 1. The summed E-state index contributed by atoms with van der Waals surface area (Å²) in [6.45, 7) is 0. The number of hydrogen-bond donors (Lipinski definition) is 1. The van der Waals surface area contributed by atoms with Crippen LogP contribution in [-0.4, -0.2) is 20.5 Å². The molecule has 0 fully saturated rings. The van der Waals surface area contributed by atoms with Crippen molar-refractivity contribution in [2.75, 3.05) is 0 Å². The van der Waals surface area contributed by atoms with Gasteiger partial charge in [0.25, 0.3) is 5.56 Å². The summed E-state index contributed by atoms with van der Waals surface area (Å²) in [5.41, 5.74) is 3.45. The van der Waals surface area contributed by atoms with Crippen LogP contribution < -0.4 is 5.56 Å². The number of carboxylic acids is 1. The topological polar surface area (TPSA) is 71.7 Å². The number of carboxylic acid groups (broad SMARTS) is 1. The Morgan fingerprint density at radius 2 is 2.00 bits per heavy atom. The second kappa shape index (κ2) is 6.42. The number of allylic oxidation sites excluding steroid dienone is 1. The Kier molecular flexibility index (Phi) is 4.09. The lowest BCUT2D eigenvalue weighted by molar-refractivity contribution is 0.0696. The quantitative estimate of drug-likeness (QED) is 0.746. The first-order valence-corrected chi connectivity index (χ1v) is 8.66. The van der Waals surface area contributed by atoms with Gasteiger partial charge in [-0.2, -0.15) is 0 Å². The zero-order chi connectivity index (χ0) is 18.3. The highest BCUT2D eigenvalue weighted by molar-refractivity contribution is 6.32. The molecule has 0 saturated heterocycles. The van der Waals surface area contributed by atoms with E-state index in [0.29, 0.717) is 28.3 Å². The maximum absolute atomic E-state index is 12.9. The van der Waals surface area contributed by atoms with Crippen LogP contribution in [0.25, 0.3) is 17.3 Å². The van der Waals surface area contributed by atoms with Gasteiger partial charge in [-0.05, 0) is 54.7 Å². The summed E-state index contributed by atoms with van der Waals surface area (Å²) >= 11 is 6.26. The molecule has 130 valence electrons. The first-order valence-electron chi connectivity index (χ1n) is 8.28. The van der Waals surface area contributed by atoms with Gasteiger partial charge in [-0.1, -0.05) is 29.8 Å². The summed E-state index contributed by atoms with van der Waals surface area (Å²) in [5.74, 6) is -1.07. The molecule has 0 radical (unpaired) electrons. The molecule has 1 N–H and O–H groups in total. The Bertz CT molecular complexity index is 1130. The van der Waals surface area contributed by atoms with Gasteiger partial charge < -0.3 is 5.11 Å². The van der Waals surface area contributed by atoms with Crippen LogP contribution >= 0.6 is 11.6 Å². The van der Waals surface area contributed by atoms with Crippen LogP contribution in [0.1, 0.15) is 40.0 Å². The molecule has 0 amide bonds. The molecule has 0 bridgehead atoms. The minimum Gasteiger partial charge on any atom is -0.478 e. The van der Waals surface area contributed by atoms with Crippen molar-refractivity contribution in [3.63, 3.8) is 0 Å². The average molecular weight is 367 g/mol. The van der Waals surface area contributed by atoms with Gasteiger partial charge in [-0.3, -0.25) is 9.20 Å². The number of hydrogen-bond acceptors (Lipinski definition) is 3. The Labute approximate surface area is 154 Å². The van der Waals surface area contributed by atoms with E-state index < -0.39 is 5.97 Å². The summed E-state index contributed by atoms with van der Waals surface area (Å²) in [6.07, 6.45) is 5.59. The maximum atomic E-state index is 12.9. The third kappa shape index (κ3) is 2.80. The molecule has 26 heavy (non-hydrogen) atoms. The molecular formula is C20H15ClN2O3. The Hall–Kier alpha value is -2.92. The van der Waals surface area contributed by atoms with Crippen LogP contribution in [0.15, 0.2) is 47.4 Å². The smallest absolute Gasteiger partial charge is 0.337 e. The molecule has 3 aromatic rings. The molecule has 4 rings (SSSR count). The van der Waals surface area contributed by atoms with Crippen molar-refractivity contribution < 1.29 is 9.90 Å². The first-order chi connectivity index (χ1) is 12.5. The highest BCUT2D eigenvalue weighted by Gasteiger charge is 2.21. The molecule has 1 aliphatic carbocycles. The number of benzene rings is 1. The van der Waals surface area contributed by atoms with Gasteiger partial charge in [-0.25, -0.2) is 9.78 Å². The second-order valence-electron chi connectivity index (χ2n) is 6.24. The third-order valence-electron chi connectivity index (χ3n) is 4.58. The van der Waals surface area contributed by atoms with Crippen molar-refractivity contribution in [1.82, 2.24) is 9.38 Å². The fourth-order valence-electron chi connectivity index (χ4n) is 3.29. The lowest BCUT2D eigenvalue weighted by atomic mass is 9.91. The molecule has 0 atom stereocenters. The van der Waals surface area contributed by atoms with Crippen LogP contribution in [-0.2, 0) is 6.42 Å². The van der Waals surface area contributed by atoms with E-state index in [1.165, 1.54) is 16.7 Å². The van der Waals surface area contributed by atoms with Crippen molar-refractivity contribution in [3.05, 3.63) is 80.4 Å². The zero-order valence-electron chi connectivity index (χ0n) is 13.8. The van der Waals surface area contributed by atoms with Gasteiger partial charge in [0.05, 0.1) is 11.3 Å². The molecule has 0 aliphatic heterocycles. The summed E-state index contributed by atoms with van der Waals surface area (Å²) in [7, 11) is 0. The maximum Gasteiger partial charge on any atom is 0.337 e. The summed E-state index contributed by atoms with van der Waals surface area (Å²) in [6, 6.07) is 10.6. The molecule has 2 aromatic heterocycles. The van der Waals surface area contributed by atoms with E-state index >= 15 is 0 Å². The molecule has 5 nitrogen and oxygen atoms in total. The molecule has 1 aromatic carbocycles. The molecular weight excluding hydrogens is 352 g/mol. The van der Waals surface area contributed by atoms with Crippen molar-refractivity contribution in [3.8, 4) is 0 Å². The summed E-state index contributed by atoms with van der Waals surface area (Å²) < 4.78 is 1.32. The fraction of sp³-hybridized carbons (Fsp3) is 0.150. The number of nitrogens with zero attached hydrogens (tertiary/aromatic N) is 2. The number of fused-ring (bicyclic) bond motifs is 2. The molecule has 1 aliphatic rings. The van der Waals surface area contributed by atoms with E-state index in [9.17, 15) is 9.59 Å². The SMILES string of the molecule is O=C(O)c1ccc2nc3c(c(=O)n2c1)CCC/C3=C/c1ccccc1Cl. The van der Waals surface area contributed by atoms with Crippen LogP contribution in [0.5, 0.6) is 0 Å². The number of halogens is 1. The molecule has 0 saturated carbocycles. The van der Waals surface area contributed by atoms with E-state index in [2.05, 4.69) is 4.98 Å². The number of carbonyl (C=O) groups is 1. The highest BCUT2D eigenvalue weighted by Crippen LogP contribution is 2.31. The molecule has 0 unspecified atom stereocenters. The summed E-state index contributed by atoms with van der Waals surface area (Å²) in [5, 5.41) is 9.80. The van der Waals surface area contributed by atoms with E-state index in [1.807, 2.05) is 30.3 Å². The Balaban J connectivity index is 1.93. The normalized spacial score (nSPS) is 15.2. The van der Waals surface area contributed by atoms with Gasteiger partial charge >= 0.3 is 5.97 Å². The van der Waals surface area contributed by atoms with Gasteiger partial charge in [0.15, 0.2) is 0 Å². The zero-order valence-corrected chi connectivity index (χ0v) is 14.5. The van der Waals surface area contributed by atoms with Gasteiger partial charge in [-0.15, -0.1) is 0 Å². The Morgan fingerprint density at radius 1 is 1.19 bits per heavy atom. The minimum atomic E-state index is -1.07. The van der Waals surface area contributed by atoms with Crippen molar-refractivity contribution >= 4 is 34.9 Å². The largest absolute Gasteiger partial charge is 0.478 e. The Morgan fingerprint density at radius 3 is 2.77 bits per heavy atom. The van der Waals surface area contributed by atoms with Crippen molar-refractivity contribution in [2.24, 2.45) is 0 Å². The van der Waals surface area contributed by atoms with Gasteiger partial charge in [0.2, 0.25) is 0 Å².